The number of rotatable bonds is 5. The van der Waals surface area contributed by atoms with Crippen LogP contribution in [-0.2, 0) is 4.79 Å². The zero-order valence-electron chi connectivity index (χ0n) is 12.5. The van der Waals surface area contributed by atoms with Crippen molar-refractivity contribution in [3.05, 3.63) is 16.1 Å². The lowest BCUT2D eigenvalue weighted by Crippen LogP contribution is -2.44. The molecule has 0 bridgehead atoms. The lowest BCUT2D eigenvalue weighted by Gasteiger charge is -2.33. The number of carboxylic acids is 1. The number of thiazole rings is 1. The Morgan fingerprint density at radius 1 is 1.38 bits per heavy atom. The second-order valence-electron chi connectivity index (χ2n) is 6.05. The smallest absolute Gasteiger partial charge is 0.311 e. The molecule has 1 saturated carbocycles. The van der Waals surface area contributed by atoms with Crippen molar-refractivity contribution in [2.75, 3.05) is 6.54 Å². The third-order valence-corrected chi connectivity index (χ3v) is 5.39. The fraction of sp³-hybridized carbons (Fsp3) is 0.667. The highest BCUT2D eigenvalue weighted by Gasteiger charge is 2.39. The van der Waals surface area contributed by atoms with Crippen LogP contribution in [0.15, 0.2) is 6.20 Å². The van der Waals surface area contributed by atoms with E-state index in [0.717, 1.165) is 24.3 Å². The summed E-state index contributed by atoms with van der Waals surface area (Å²) in [5.41, 5.74) is -0.792. The second kappa shape index (κ2) is 6.56. The Morgan fingerprint density at radius 3 is 2.57 bits per heavy atom. The van der Waals surface area contributed by atoms with Gasteiger partial charge in [-0.05, 0) is 12.8 Å². The topological polar surface area (TPSA) is 79.3 Å². The summed E-state index contributed by atoms with van der Waals surface area (Å²) >= 11 is 1.37. The number of aliphatic carboxylic acids is 1. The van der Waals surface area contributed by atoms with Gasteiger partial charge in [-0.3, -0.25) is 9.59 Å². The van der Waals surface area contributed by atoms with Gasteiger partial charge in [-0.25, -0.2) is 4.98 Å². The quantitative estimate of drug-likeness (QED) is 0.876. The first-order valence-corrected chi connectivity index (χ1v) is 8.23. The SMILES string of the molecule is CC(C)c1ncc(C(=O)NCC2(C(=O)O)CCCCC2)s1. The summed E-state index contributed by atoms with van der Waals surface area (Å²) in [5.74, 6) is -0.722. The average Bonchev–Trinajstić information content (AvgIpc) is 2.95. The first kappa shape index (κ1) is 15.9. The molecule has 0 aromatic carbocycles. The van der Waals surface area contributed by atoms with Gasteiger partial charge in [0.25, 0.3) is 5.91 Å². The highest BCUT2D eigenvalue weighted by molar-refractivity contribution is 7.13. The number of carbonyl (C=O) groups excluding carboxylic acids is 1. The van der Waals surface area contributed by atoms with Crippen LogP contribution >= 0.6 is 11.3 Å². The first-order chi connectivity index (χ1) is 9.94. The Labute approximate surface area is 128 Å². The van der Waals surface area contributed by atoms with E-state index in [0.29, 0.717) is 23.6 Å². The second-order valence-corrected chi connectivity index (χ2v) is 7.11. The predicted molar refractivity (Wildman–Crippen MR) is 81.7 cm³/mol. The lowest BCUT2D eigenvalue weighted by molar-refractivity contribution is -0.150. The third-order valence-electron chi connectivity index (χ3n) is 4.09. The number of amides is 1. The van der Waals surface area contributed by atoms with Crippen molar-refractivity contribution in [1.29, 1.82) is 0 Å². The summed E-state index contributed by atoms with van der Waals surface area (Å²) < 4.78 is 0. The molecule has 5 nitrogen and oxygen atoms in total. The number of hydrogen-bond acceptors (Lipinski definition) is 4. The van der Waals surface area contributed by atoms with Crippen LogP contribution in [0, 0.1) is 5.41 Å². The number of nitrogens with one attached hydrogen (secondary N) is 1. The van der Waals surface area contributed by atoms with E-state index in [9.17, 15) is 14.7 Å². The van der Waals surface area contributed by atoms with E-state index in [1.807, 2.05) is 13.8 Å². The molecule has 0 spiro atoms. The van der Waals surface area contributed by atoms with Gasteiger partial charge < -0.3 is 10.4 Å². The number of aromatic nitrogens is 1. The van der Waals surface area contributed by atoms with Crippen molar-refractivity contribution in [2.45, 2.75) is 51.9 Å². The van der Waals surface area contributed by atoms with Gasteiger partial charge in [0.1, 0.15) is 4.88 Å². The molecule has 1 aromatic heterocycles. The van der Waals surface area contributed by atoms with Gasteiger partial charge in [0.15, 0.2) is 0 Å². The summed E-state index contributed by atoms with van der Waals surface area (Å²) in [6.07, 6.45) is 5.77. The number of carbonyl (C=O) groups is 2. The average molecular weight is 310 g/mol. The van der Waals surface area contributed by atoms with Crippen molar-refractivity contribution in [2.24, 2.45) is 5.41 Å². The van der Waals surface area contributed by atoms with E-state index in [1.165, 1.54) is 11.3 Å². The van der Waals surface area contributed by atoms with Crippen molar-refractivity contribution in [3.8, 4) is 0 Å². The standard InChI is InChI=1S/C15H22N2O3S/c1-10(2)13-16-8-11(21-13)12(18)17-9-15(14(19)20)6-4-3-5-7-15/h8,10H,3-7,9H2,1-2H3,(H,17,18)(H,19,20). The first-order valence-electron chi connectivity index (χ1n) is 7.42. The molecule has 0 saturated heterocycles. The number of nitrogens with zero attached hydrogens (tertiary/aromatic N) is 1. The van der Waals surface area contributed by atoms with Crippen LogP contribution in [0.1, 0.15) is 66.5 Å². The molecule has 1 heterocycles. The van der Waals surface area contributed by atoms with E-state index in [1.54, 1.807) is 6.20 Å². The molecule has 0 atom stereocenters. The summed E-state index contributed by atoms with van der Waals surface area (Å²) in [4.78, 5) is 28.5. The van der Waals surface area contributed by atoms with Crippen LogP contribution < -0.4 is 5.32 Å². The fourth-order valence-electron chi connectivity index (χ4n) is 2.69. The van der Waals surface area contributed by atoms with Crippen LogP contribution in [0.2, 0.25) is 0 Å². The van der Waals surface area contributed by atoms with E-state index in [2.05, 4.69) is 10.3 Å². The van der Waals surface area contributed by atoms with Gasteiger partial charge in [-0.15, -0.1) is 11.3 Å². The van der Waals surface area contributed by atoms with Gasteiger partial charge >= 0.3 is 5.97 Å². The van der Waals surface area contributed by atoms with Crippen molar-refractivity contribution in [3.63, 3.8) is 0 Å². The summed E-state index contributed by atoms with van der Waals surface area (Å²) in [6, 6.07) is 0. The minimum absolute atomic E-state index is 0.204. The molecule has 0 unspecified atom stereocenters. The molecule has 1 aliphatic rings. The molecule has 2 rings (SSSR count). The number of hydrogen-bond donors (Lipinski definition) is 2. The van der Waals surface area contributed by atoms with Gasteiger partial charge in [0.2, 0.25) is 0 Å². The highest BCUT2D eigenvalue weighted by atomic mass is 32.1. The summed E-state index contributed by atoms with van der Waals surface area (Å²) in [5, 5.41) is 13.2. The fourth-order valence-corrected chi connectivity index (χ4v) is 3.53. The van der Waals surface area contributed by atoms with E-state index in [-0.39, 0.29) is 12.5 Å². The van der Waals surface area contributed by atoms with Gasteiger partial charge in [0.05, 0.1) is 16.6 Å². The normalized spacial score (nSPS) is 17.7. The Balaban J connectivity index is 1.99. The van der Waals surface area contributed by atoms with Gasteiger partial charge in [-0.1, -0.05) is 33.1 Å². The molecule has 21 heavy (non-hydrogen) atoms. The van der Waals surface area contributed by atoms with Crippen LogP contribution in [-0.4, -0.2) is 28.5 Å². The Morgan fingerprint density at radius 2 is 2.05 bits per heavy atom. The van der Waals surface area contributed by atoms with E-state index in [4.69, 9.17) is 0 Å². The van der Waals surface area contributed by atoms with Crippen molar-refractivity contribution >= 4 is 23.2 Å². The maximum absolute atomic E-state index is 12.2. The minimum atomic E-state index is -0.797. The third kappa shape index (κ3) is 3.61. The molecule has 1 fully saturated rings. The summed E-state index contributed by atoms with van der Waals surface area (Å²) in [6.45, 7) is 4.26. The maximum Gasteiger partial charge on any atom is 0.311 e. The molecular formula is C15H22N2O3S. The van der Waals surface area contributed by atoms with Crippen LogP contribution in [0.5, 0.6) is 0 Å². The number of carboxylic acid groups (broad SMARTS) is 1. The van der Waals surface area contributed by atoms with Gasteiger partial charge in [-0.2, -0.15) is 0 Å². The molecule has 6 heteroatoms. The van der Waals surface area contributed by atoms with Gasteiger partial charge in [0, 0.05) is 12.5 Å². The van der Waals surface area contributed by atoms with Crippen LogP contribution in [0.25, 0.3) is 0 Å². The predicted octanol–water partition coefficient (Wildman–Crippen LogP) is 3.03. The molecule has 2 N–H and O–H groups in total. The van der Waals surface area contributed by atoms with Crippen molar-refractivity contribution in [1.82, 2.24) is 10.3 Å². The highest BCUT2D eigenvalue weighted by Crippen LogP contribution is 2.36. The molecule has 116 valence electrons. The molecule has 0 radical (unpaired) electrons. The van der Waals surface area contributed by atoms with Crippen LogP contribution in [0.3, 0.4) is 0 Å². The zero-order valence-corrected chi connectivity index (χ0v) is 13.3. The maximum atomic E-state index is 12.2. The molecular weight excluding hydrogens is 288 g/mol. The Bertz CT molecular complexity index is 519. The Kier molecular flexibility index (Phi) is 4.98. The Hall–Kier alpha value is -1.43. The van der Waals surface area contributed by atoms with Crippen molar-refractivity contribution < 1.29 is 14.7 Å². The molecule has 1 aliphatic carbocycles. The van der Waals surface area contributed by atoms with E-state index < -0.39 is 11.4 Å². The summed E-state index contributed by atoms with van der Waals surface area (Å²) in [7, 11) is 0. The zero-order chi connectivity index (χ0) is 15.5. The van der Waals surface area contributed by atoms with Crippen LogP contribution in [0.4, 0.5) is 0 Å². The van der Waals surface area contributed by atoms with E-state index >= 15 is 0 Å². The largest absolute Gasteiger partial charge is 0.481 e. The molecule has 1 aromatic rings. The monoisotopic (exact) mass is 310 g/mol. The molecule has 1 amide bonds. The minimum Gasteiger partial charge on any atom is -0.481 e. The lowest BCUT2D eigenvalue weighted by atomic mass is 9.74. The molecule has 0 aliphatic heterocycles.